The maximum atomic E-state index is 16.9. The monoisotopic (exact) mass is 707 g/mol. The number of pyridine rings is 1. The smallest absolute Gasteiger partial charge is 0.319 e. The number of anilines is 1. The van der Waals surface area contributed by atoms with Crippen LogP contribution < -0.4 is 9.64 Å². The highest BCUT2D eigenvalue weighted by molar-refractivity contribution is 6.36. The quantitative estimate of drug-likeness (QED) is 0.176. The molecule has 0 aliphatic carbocycles. The fourth-order valence-corrected chi connectivity index (χ4v) is 8.19. The van der Waals surface area contributed by atoms with Gasteiger partial charge in [-0.2, -0.15) is 20.2 Å². The van der Waals surface area contributed by atoms with E-state index in [9.17, 15) is 10.1 Å². The fourth-order valence-electron chi connectivity index (χ4n) is 7.90. The number of hydrogen-bond acceptors (Lipinski definition) is 11. The van der Waals surface area contributed by atoms with Crippen LogP contribution in [0.5, 0.6) is 6.01 Å². The average Bonchev–Trinajstić information content (AvgIpc) is 3.86. The first-order chi connectivity index (χ1) is 24.8. The van der Waals surface area contributed by atoms with Gasteiger partial charge in [-0.25, -0.2) is 4.39 Å². The van der Waals surface area contributed by atoms with Gasteiger partial charge in [-0.1, -0.05) is 47.1 Å². The summed E-state index contributed by atoms with van der Waals surface area (Å²) in [7, 11) is 0. The van der Waals surface area contributed by atoms with Crippen LogP contribution in [0.4, 0.5) is 10.2 Å². The molecule has 1 atom stereocenters. The standard InChI is InChI=1S/C37H35ClFN9O3/c1-23-42-29(51-45-23)10-11-30(49)48-19-18-46(21-25(48)12-15-40)35-27-20-41-33(26-8-2-6-24-7-3-9-28(38)31(24)26)32(39)34(27)43-36(44-35)50-22-37-13-4-16-47(37)17-5-14-37/h2-3,6-11,20,25H,4-5,12-14,16-19,21-22H2,1H3/b11-10+. The SMILES string of the molecule is Cc1noc(/C=C/C(=O)N2CCN(c3nc(OCC45CCCN4CCC5)nc4c(F)c(-c5cccc6cccc(Cl)c56)ncc34)CC2CC#N)n1. The molecule has 51 heavy (non-hydrogen) atoms. The van der Waals surface area contributed by atoms with Gasteiger partial charge in [0.05, 0.1) is 29.5 Å². The van der Waals surface area contributed by atoms with Gasteiger partial charge in [0.2, 0.25) is 5.91 Å². The summed E-state index contributed by atoms with van der Waals surface area (Å²) in [6.45, 7) is 5.11. The highest BCUT2D eigenvalue weighted by Gasteiger charge is 2.45. The molecule has 3 aromatic heterocycles. The van der Waals surface area contributed by atoms with Gasteiger partial charge in [-0.05, 0) is 57.1 Å². The number of fused-ring (bicyclic) bond motifs is 3. The van der Waals surface area contributed by atoms with Gasteiger partial charge in [0.25, 0.3) is 5.89 Å². The van der Waals surface area contributed by atoms with Gasteiger partial charge in [0.1, 0.15) is 23.6 Å². The zero-order valence-corrected chi connectivity index (χ0v) is 28.8. The predicted molar refractivity (Wildman–Crippen MR) is 190 cm³/mol. The molecule has 12 nitrogen and oxygen atoms in total. The first-order valence-corrected chi connectivity index (χ1v) is 17.5. The van der Waals surface area contributed by atoms with Crippen LogP contribution in [0.25, 0.3) is 39.0 Å². The van der Waals surface area contributed by atoms with Crippen molar-refractivity contribution in [1.29, 1.82) is 5.26 Å². The lowest BCUT2D eigenvalue weighted by Crippen LogP contribution is -2.55. The molecule has 14 heteroatoms. The van der Waals surface area contributed by atoms with E-state index in [1.165, 1.54) is 12.2 Å². The van der Waals surface area contributed by atoms with Crippen LogP contribution in [-0.4, -0.2) is 91.7 Å². The molecule has 3 aliphatic heterocycles. The van der Waals surface area contributed by atoms with Crippen LogP contribution >= 0.6 is 11.6 Å². The van der Waals surface area contributed by atoms with Crippen molar-refractivity contribution in [2.45, 2.75) is 50.6 Å². The maximum absolute atomic E-state index is 16.9. The largest absolute Gasteiger partial charge is 0.461 e. The zero-order valence-electron chi connectivity index (χ0n) is 28.1. The van der Waals surface area contributed by atoms with E-state index in [1.807, 2.05) is 29.2 Å². The molecule has 6 heterocycles. The number of rotatable bonds is 8. The highest BCUT2D eigenvalue weighted by Crippen LogP contribution is 2.40. The van der Waals surface area contributed by atoms with E-state index in [1.54, 1.807) is 30.2 Å². The third-order valence-electron chi connectivity index (χ3n) is 10.3. The van der Waals surface area contributed by atoms with Crippen molar-refractivity contribution in [2.24, 2.45) is 0 Å². The Hall–Kier alpha value is -5.19. The first-order valence-electron chi connectivity index (χ1n) is 17.2. The molecule has 3 saturated heterocycles. The van der Waals surface area contributed by atoms with Gasteiger partial charge in [-0.15, -0.1) is 0 Å². The minimum absolute atomic E-state index is 0.0720. The summed E-state index contributed by atoms with van der Waals surface area (Å²) in [6.07, 6.45) is 8.78. The number of ether oxygens (including phenoxy) is 1. The summed E-state index contributed by atoms with van der Waals surface area (Å²) in [6, 6.07) is 12.9. The van der Waals surface area contributed by atoms with Gasteiger partial charge in [-0.3, -0.25) is 14.7 Å². The number of amides is 1. The van der Waals surface area contributed by atoms with Crippen LogP contribution in [0, 0.1) is 24.1 Å². The third kappa shape index (κ3) is 6.12. The Balaban J connectivity index is 1.17. The molecule has 0 N–H and O–H groups in total. The minimum Gasteiger partial charge on any atom is -0.461 e. The second kappa shape index (κ2) is 13.5. The summed E-state index contributed by atoms with van der Waals surface area (Å²) in [4.78, 5) is 37.7. The second-order valence-corrected chi connectivity index (χ2v) is 13.8. The normalized spacial score (nSPS) is 18.9. The number of aryl methyl sites for hydroxylation is 1. The number of benzene rings is 2. The second-order valence-electron chi connectivity index (χ2n) is 13.4. The van der Waals surface area contributed by atoms with E-state index in [-0.39, 0.29) is 47.5 Å². The number of hydrogen-bond donors (Lipinski definition) is 0. The van der Waals surface area contributed by atoms with E-state index >= 15 is 4.39 Å². The Labute approximate surface area is 298 Å². The van der Waals surface area contributed by atoms with Gasteiger partial charge < -0.3 is 19.1 Å². The fraction of sp³-hybridized carbons (Fsp3) is 0.378. The number of aromatic nitrogens is 5. The number of carbonyl (C=O) groups excluding carboxylic acids is 1. The van der Waals surface area contributed by atoms with Gasteiger partial charge >= 0.3 is 6.01 Å². The summed E-state index contributed by atoms with van der Waals surface area (Å²) in [5.74, 6) is 0.210. The molecular formula is C37H35ClFN9O3. The number of nitrogens with zero attached hydrogens (tertiary/aromatic N) is 9. The van der Waals surface area contributed by atoms with Crippen molar-refractivity contribution in [3.8, 4) is 23.3 Å². The molecule has 5 aromatic rings. The van der Waals surface area contributed by atoms with Crippen LogP contribution in [0.1, 0.15) is 43.8 Å². The molecule has 2 aromatic carbocycles. The molecule has 0 radical (unpaired) electrons. The average molecular weight is 708 g/mol. The number of piperazine rings is 1. The van der Waals surface area contributed by atoms with Crippen molar-refractivity contribution in [2.75, 3.05) is 44.2 Å². The van der Waals surface area contributed by atoms with E-state index in [4.69, 9.17) is 25.8 Å². The van der Waals surface area contributed by atoms with E-state index in [0.717, 1.165) is 44.2 Å². The lowest BCUT2D eigenvalue weighted by Gasteiger charge is -2.41. The third-order valence-corrected chi connectivity index (χ3v) is 10.7. The highest BCUT2D eigenvalue weighted by atomic mass is 35.5. The Bertz CT molecular complexity index is 2200. The van der Waals surface area contributed by atoms with E-state index < -0.39 is 11.9 Å². The van der Waals surface area contributed by atoms with Crippen molar-refractivity contribution in [1.82, 2.24) is 34.9 Å². The topological polar surface area (TPSA) is 137 Å². The van der Waals surface area contributed by atoms with Gasteiger partial charge in [0, 0.05) is 54.0 Å². The predicted octanol–water partition coefficient (Wildman–Crippen LogP) is 5.98. The molecule has 3 fully saturated rings. The Kier molecular flexibility index (Phi) is 8.73. The Morgan fingerprint density at radius 2 is 1.94 bits per heavy atom. The molecule has 0 bridgehead atoms. The van der Waals surface area contributed by atoms with Crippen molar-refractivity contribution in [3.63, 3.8) is 0 Å². The minimum atomic E-state index is -0.612. The molecule has 3 aliphatic rings. The first kappa shape index (κ1) is 33.0. The number of nitriles is 1. The molecular weight excluding hydrogens is 673 g/mol. The lowest BCUT2D eigenvalue weighted by molar-refractivity contribution is -0.128. The van der Waals surface area contributed by atoms with Gasteiger partial charge in [0.15, 0.2) is 11.6 Å². The molecule has 0 spiro atoms. The van der Waals surface area contributed by atoms with E-state index in [0.29, 0.717) is 52.7 Å². The van der Waals surface area contributed by atoms with Crippen LogP contribution in [-0.2, 0) is 4.79 Å². The summed E-state index contributed by atoms with van der Waals surface area (Å²) >= 11 is 6.63. The van der Waals surface area contributed by atoms with E-state index in [2.05, 4.69) is 31.1 Å². The Morgan fingerprint density at radius 1 is 1.14 bits per heavy atom. The zero-order chi connectivity index (χ0) is 35.1. The molecule has 8 rings (SSSR count). The lowest BCUT2D eigenvalue weighted by atomic mass is 9.95. The summed E-state index contributed by atoms with van der Waals surface area (Å²) in [5, 5.41) is 15.9. The van der Waals surface area contributed by atoms with Crippen molar-refractivity contribution < 1.29 is 18.4 Å². The van der Waals surface area contributed by atoms with Crippen LogP contribution in [0.3, 0.4) is 0 Å². The van der Waals surface area contributed by atoms with Crippen LogP contribution in [0.15, 0.2) is 53.2 Å². The van der Waals surface area contributed by atoms with Crippen molar-refractivity contribution >= 4 is 51.1 Å². The summed E-state index contributed by atoms with van der Waals surface area (Å²) < 4.78 is 28.4. The van der Waals surface area contributed by atoms with Crippen molar-refractivity contribution in [3.05, 3.63) is 71.2 Å². The molecule has 1 unspecified atom stereocenters. The number of halogens is 2. The molecule has 260 valence electrons. The van der Waals surface area contributed by atoms with Crippen LogP contribution in [0.2, 0.25) is 5.02 Å². The number of carbonyl (C=O) groups is 1. The molecule has 0 saturated carbocycles. The molecule has 1 amide bonds. The Morgan fingerprint density at radius 3 is 2.71 bits per heavy atom. The maximum Gasteiger partial charge on any atom is 0.319 e. The summed E-state index contributed by atoms with van der Waals surface area (Å²) in [5.41, 5.74) is 0.673.